The highest BCUT2D eigenvalue weighted by Crippen LogP contribution is 2.36. The van der Waals surface area contributed by atoms with Gasteiger partial charge in [0.05, 0.1) is 33.9 Å². The molecule has 282 valence electrons. The van der Waals surface area contributed by atoms with Crippen LogP contribution >= 0.6 is 11.3 Å². The highest BCUT2D eigenvalue weighted by atomic mass is 32.1. The number of rotatable bonds is 12. The monoisotopic (exact) mass is 757 g/mol. The quantitative estimate of drug-likeness (QED) is 0.117. The Morgan fingerprint density at radius 1 is 0.891 bits per heavy atom. The average molecular weight is 758 g/mol. The van der Waals surface area contributed by atoms with E-state index in [0.29, 0.717) is 60.3 Å². The van der Waals surface area contributed by atoms with Gasteiger partial charge in [0.2, 0.25) is 11.9 Å². The second-order valence-electron chi connectivity index (χ2n) is 14.0. The predicted molar refractivity (Wildman–Crippen MR) is 212 cm³/mol. The summed E-state index contributed by atoms with van der Waals surface area (Å²) in [6, 6.07) is 28.7. The summed E-state index contributed by atoms with van der Waals surface area (Å²) in [5.41, 5.74) is 4.15. The molecule has 2 amide bonds. The summed E-state index contributed by atoms with van der Waals surface area (Å²) >= 11 is 1.41. The van der Waals surface area contributed by atoms with Crippen molar-refractivity contribution in [2.75, 3.05) is 29.9 Å². The summed E-state index contributed by atoms with van der Waals surface area (Å²) in [6.07, 6.45) is 2.32. The Labute approximate surface area is 322 Å². The summed E-state index contributed by atoms with van der Waals surface area (Å²) in [7, 11) is 0. The van der Waals surface area contributed by atoms with Crippen molar-refractivity contribution in [2.24, 2.45) is 0 Å². The minimum atomic E-state index is -1.16. The third-order valence-electron chi connectivity index (χ3n) is 10.5. The highest BCUT2D eigenvalue weighted by Gasteiger charge is 2.44. The molecule has 5 N–H and O–H groups in total. The molecule has 2 aromatic carbocycles. The molecule has 2 aliphatic rings. The number of hydrogen-bond acceptors (Lipinski definition) is 11. The van der Waals surface area contributed by atoms with Gasteiger partial charge in [0.25, 0.3) is 5.91 Å². The third-order valence-corrected chi connectivity index (χ3v) is 11.6. The van der Waals surface area contributed by atoms with Crippen LogP contribution in [0.25, 0.3) is 21.7 Å². The van der Waals surface area contributed by atoms with Crippen LogP contribution in [-0.4, -0.2) is 90.5 Å². The van der Waals surface area contributed by atoms with Crippen LogP contribution < -0.4 is 20.9 Å². The molecular weight excluding hydrogens is 715 g/mol. The lowest BCUT2D eigenvalue weighted by atomic mass is 9.91. The van der Waals surface area contributed by atoms with Crippen LogP contribution in [0.15, 0.2) is 104 Å². The first kappa shape index (κ1) is 36.3. The van der Waals surface area contributed by atoms with Gasteiger partial charge in [-0.25, -0.2) is 4.98 Å². The van der Waals surface area contributed by atoms with Gasteiger partial charge < -0.3 is 35.6 Å². The van der Waals surface area contributed by atoms with Gasteiger partial charge in [-0.2, -0.15) is 9.97 Å². The number of nitrogens with one attached hydrogen (secondary N) is 3. The van der Waals surface area contributed by atoms with E-state index < -0.39 is 24.3 Å². The van der Waals surface area contributed by atoms with E-state index in [0.717, 1.165) is 21.7 Å². The SMILES string of the molecule is CCC(=O)N[C@H]1C[C@@H](n2cnc3c(NCC(c4ccccc4)c4ccccc4)nc(N4CC[C@@H](NC(=O)c5ccc(-c6ccccn6)s5)C4)nc32)[C@H](O)[C@@H]1O. The maximum atomic E-state index is 13.4. The predicted octanol–water partition coefficient (Wildman–Crippen LogP) is 4.76. The average Bonchev–Trinajstić information content (AvgIpc) is 4.04. The molecule has 13 nitrogen and oxygen atoms in total. The zero-order valence-corrected chi connectivity index (χ0v) is 31.1. The lowest BCUT2D eigenvalue weighted by molar-refractivity contribution is -0.122. The van der Waals surface area contributed by atoms with Gasteiger partial charge in [-0.1, -0.05) is 73.7 Å². The van der Waals surface area contributed by atoms with Gasteiger partial charge in [0.15, 0.2) is 17.0 Å². The van der Waals surface area contributed by atoms with Crippen molar-refractivity contribution in [2.45, 2.75) is 62.4 Å². The van der Waals surface area contributed by atoms with Crippen molar-refractivity contribution < 1.29 is 19.8 Å². The summed E-state index contributed by atoms with van der Waals surface area (Å²) in [5, 5.41) is 31.8. The van der Waals surface area contributed by atoms with Crippen molar-refractivity contribution >= 4 is 46.1 Å². The van der Waals surface area contributed by atoms with E-state index in [9.17, 15) is 19.8 Å². The number of amides is 2. The summed E-state index contributed by atoms with van der Waals surface area (Å²) < 4.78 is 1.79. The van der Waals surface area contributed by atoms with Crippen molar-refractivity contribution in [3.05, 3.63) is 120 Å². The molecular formula is C41H43N9O4S. The number of aliphatic hydroxyl groups is 2. The Morgan fingerprint density at radius 3 is 2.35 bits per heavy atom. The second kappa shape index (κ2) is 16.0. The van der Waals surface area contributed by atoms with Gasteiger partial charge in [-0.05, 0) is 48.2 Å². The Morgan fingerprint density at radius 2 is 1.64 bits per heavy atom. The molecule has 0 radical (unpaired) electrons. The van der Waals surface area contributed by atoms with E-state index in [1.807, 2.05) is 66.7 Å². The van der Waals surface area contributed by atoms with Crippen LogP contribution in [0.1, 0.15) is 58.9 Å². The molecule has 0 spiro atoms. The molecule has 1 saturated carbocycles. The molecule has 1 aliphatic carbocycles. The largest absolute Gasteiger partial charge is 0.388 e. The molecule has 0 unspecified atom stereocenters. The van der Waals surface area contributed by atoms with Crippen LogP contribution in [0.4, 0.5) is 11.8 Å². The van der Waals surface area contributed by atoms with Gasteiger partial charge in [0.1, 0.15) is 12.2 Å². The number of hydrogen-bond donors (Lipinski definition) is 5. The summed E-state index contributed by atoms with van der Waals surface area (Å²) in [4.78, 5) is 48.4. The fourth-order valence-corrected chi connectivity index (χ4v) is 8.45. The standard InChI is InChI=1S/C41H43N9O4S/c1-2-34(51)46-30-21-31(37(53)36(30)52)50-24-44-35-38(43-22-28(25-11-5-3-6-12-25)26-13-7-4-8-14-26)47-41(48-39(35)50)49-20-18-27(23-49)45-40(54)33-17-16-32(55-33)29-15-9-10-19-42-29/h3-17,19,24,27-28,30-31,36-37,52-53H,2,18,20-23H2,1H3,(H,45,54)(H,46,51)(H,43,47,48)/t27-,30+,31-,36-,37+/m1/s1. The van der Waals surface area contributed by atoms with E-state index in [1.165, 1.54) is 11.3 Å². The number of aliphatic hydroxyl groups excluding tert-OH is 2. The molecule has 55 heavy (non-hydrogen) atoms. The molecule has 0 bridgehead atoms. The number of anilines is 2. The number of imidazole rings is 1. The number of pyridine rings is 1. The molecule has 6 aromatic rings. The molecule has 5 heterocycles. The highest BCUT2D eigenvalue weighted by molar-refractivity contribution is 7.17. The minimum Gasteiger partial charge on any atom is -0.388 e. The number of aromatic nitrogens is 5. The normalized spacial score (nSPS) is 20.9. The zero-order chi connectivity index (χ0) is 37.9. The molecule has 2 fully saturated rings. The maximum absolute atomic E-state index is 13.4. The van der Waals surface area contributed by atoms with Crippen molar-refractivity contribution in [3.63, 3.8) is 0 Å². The van der Waals surface area contributed by atoms with Crippen LogP contribution in [0, 0.1) is 0 Å². The number of carbonyl (C=O) groups is 2. The molecule has 1 aliphatic heterocycles. The van der Waals surface area contributed by atoms with Crippen molar-refractivity contribution in [3.8, 4) is 10.6 Å². The van der Waals surface area contributed by atoms with E-state index in [-0.39, 0.29) is 30.2 Å². The Bertz CT molecular complexity index is 2210. The number of benzene rings is 2. The van der Waals surface area contributed by atoms with Gasteiger partial charge in [-0.15, -0.1) is 11.3 Å². The summed E-state index contributed by atoms with van der Waals surface area (Å²) in [6.45, 7) is 3.37. The Hall–Kier alpha value is -5.70. The molecule has 1 saturated heterocycles. The topological polar surface area (TPSA) is 170 Å². The van der Waals surface area contributed by atoms with E-state index in [4.69, 9.17) is 15.0 Å². The molecule has 14 heteroatoms. The van der Waals surface area contributed by atoms with Gasteiger partial charge in [0, 0.05) is 44.2 Å². The van der Waals surface area contributed by atoms with Crippen LogP contribution in [0.5, 0.6) is 0 Å². The van der Waals surface area contributed by atoms with Gasteiger partial charge in [-0.3, -0.25) is 14.6 Å². The van der Waals surface area contributed by atoms with Crippen LogP contribution in [0.2, 0.25) is 0 Å². The number of fused-ring (bicyclic) bond motifs is 1. The third kappa shape index (κ3) is 7.66. The van der Waals surface area contributed by atoms with Crippen molar-refractivity contribution in [1.29, 1.82) is 0 Å². The smallest absolute Gasteiger partial charge is 0.261 e. The minimum absolute atomic E-state index is 0.00880. The zero-order valence-electron chi connectivity index (χ0n) is 30.3. The maximum Gasteiger partial charge on any atom is 0.261 e. The van der Waals surface area contributed by atoms with Crippen LogP contribution in [0.3, 0.4) is 0 Å². The molecule has 8 rings (SSSR count). The molecule has 4 aromatic heterocycles. The van der Waals surface area contributed by atoms with E-state index in [1.54, 1.807) is 24.0 Å². The lowest BCUT2D eigenvalue weighted by Crippen LogP contribution is -2.42. The van der Waals surface area contributed by atoms with Crippen molar-refractivity contribution in [1.82, 2.24) is 35.1 Å². The Kier molecular flexibility index (Phi) is 10.5. The first-order valence-corrected chi connectivity index (χ1v) is 19.5. The Balaban J connectivity index is 1.08. The molecule has 5 atom stereocenters. The second-order valence-corrected chi connectivity index (χ2v) is 15.1. The van der Waals surface area contributed by atoms with Gasteiger partial charge >= 0.3 is 0 Å². The van der Waals surface area contributed by atoms with E-state index >= 15 is 0 Å². The number of thiophene rings is 1. The summed E-state index contributed by atoms with van der Waals surface area (Å²) in [5.74, 6) is 0.671. The first-order valence-electron chi connectivity index (χ1n) is 18.7. The number of carbonyl (C=O) groups excluding carboxylic acids is 2. The van der Waals surface area contributed by atoms with Crippen LogP contribution in [-0.2, 0) is 4.79 Å². The fourth-order valence-electron chi connectivity index (χ4n) is 7.57. The first-order chi connectivity index (χ1) is 26.9. The lowest BCUT2D eigenvalue weighted by Gasteiger charge is -2.22. The number of nitrogens with zero attached hydrogens (tertiary/aromatic N) is 6. The fraction of sp³-hybridized carbons (Fsp3) is 0.317. The van der Waals surface area contributed by atoms with E-state index in [2.05, 4.69) is 50.1 Å².